The second-order valence-electron chi connectivity index (χ2n) is 6.97. The molecular weight excluding hydrogens is 384 g/mol. The summed E-state index contributed by atoms with van der Waals surface area (Å²) in [5, 5.41) is 7.95. The average Bonchev–Trinajstić information content (AvgIpc) is 3.25. The zero-order valence-corrected chi connectivity index (χ0v) is 18.0. The largest absolute Gasteiger partial charge is 0.496 e. The van der Waals surface area contributed by atoms with Crippen molar-refractivity contribution >= 4 is 28.7 Å². The van der Waals surface area contributed by atoms with E-state index < -0.39 is 0 Å². The van der Waals surface area contributed by atoms with E-state index in [2.05, 4.69) is 26.8 Å². The molecule has 1 aliphatic rings. The van der Waals surface area contributed by atoms with Crippen LogP contribution >= 0.6 is 12.2 Å². The van der Waals surface area contributed by atoms with Crippen molar-refractivity contribution in [2.75, 3.05) is 32.6 Å². The normalized spacial score (nSPS) is 14.5. The van der Waals surface area contributed by atoms with Gasteiger partial charge in [-0.1, -0.05) is 12.1 Å². The van der Waals surface area contributed by atoms with Crippen LogP contribution in [0.15, 0.2) is 47.6 Å². The van der Waals surface area contributed by atoms with Crippen LogP contribution in [0.3, 0.4) is 0 Å². The summed E-state index contributed by atoms with van der Waals surface area (Å²) in [7, 11) is 3.34. The Bertz CT molecular complexity index is 879. The van der Waals surface area contributed by atoms with Gasteiger partial charge in [-0.2, -0.15) is 5.10 Å². The highest BCUT2D eigenvalue weighted by Gasteiger charge is 2.15. The summed E-state index contributed by atoms with van der Waals surface area (Å²) in [5.41, 5.74) is 6.76. The fraction of sp³-hybridized carbons (Fsp3) is 0.364. The average molecular weight is 413 g/mol. The lowest BCUT2D eigenvalue weighted by Crippen LogP contribution is -2.25. The number of hydrazone groups is 1. The maximum absolute atomic E-state index is 5.55. The first kappa shape index (κ1) is 21.1. The number of methoxy groups -OCH3 is 2. The molecule has 3 rings (SSSR count). The predicted molar refractivity (Wildman–Crippen MR) is 122 cm³/mol. The summed E-state index contributed by atoms with van der Waals surface area (Å²) in [6, 6.07) is 13.8. The van der Waals surface area contributed by atoms with Crippen molar-refractivity contribution in [3.63, 3.8) is 0 Å². The Kier molecular flexibility index (Phi) is 7.43. The van der Waals surface area contributed by atoms with Crippen LogP contribution in [0.4, 0.5) is 5.69 Å². The van der Waals surface area contributed by atoms with E-state index in [1.165, 1.54) is 18.4 Å². The molecule has 1 aliphatic heterocycles. The number of para-hydroxylation sites is 2. The van der Waals surface area contributed by atoms with Crippen molar-refractivity contribution in [3.05, 3.63) is 53.6 Å². The Morgan fingerprint density at radius 2 is 1.79 bits per heavy atom. The number of hydrogen-bond acceptors (Lipinski definition) is 5. The Morgan fingerprint density at radius 1 is 1.07 bits per heavy atom. The molecule has 0 saturated carbocycles. The van der Waals surface area contributed by atoms with Crippen molar-refractivity contribution < 1.29 is 9.47 Å². The number of nitrogens with one attached hydrogen (secondary N) is 2. The Hall–Kier alpha value is -2.64. The van der Waals surface area contributed by atoms with E-state index in [1.54, 1.807) is 14.2 Å². The van der Waals surface area contributed by atoms with Gasteiger partial charge in [-0.25, -0.2) is 0 Å². The third kappa shape index (κ3) is 5.68. The molecule has 0 aliphatic carbocycles. The fourth-order valence-corrected chi connectivity index (χ4v) is 3.56. The van der Waals surface area contributed by atoms with Crippen LogP contribution in [0.2, 0.25) is 0 Å². The summed E-state index contributed by atoms with van der Waals surface area (Å²) in [6.45, 7) is 5.14. The molecule has 0 amide bonds. The second-order valence-corrected chi connectivity index (χ2v) is 7.38. The minimum atomic E-state index is 0.402. The van der Waals surface area contributed by atoms with Gasteiger partial charge in [-0.3, -0.25) is 10.3 Å². The lowest BCUT2D eigenvalue weighted by Gasteiger charge is -2.18. The summed E-state index contributed by atoms with van der Waals surface area (Å²) >= 11 is 5.36. The Morgan fingerprint density at radius 3 is 2.52 bits per heavy atom. The third-order valence-electron chi connectivity index (χ3n) is 4.97. The van der Waals surface area contributed by atoms with E-state index >= 15 is 0 Å². The van der Waals surface area contributed by atoms with Crippen LogP contribution in [-0.2, 0) is 6.54 Å². The zero-order chi connectivity index (χ0) is 20.6. The number of rotatable bonds is 7. The Balaban J connectivity index is 1.67. The van der Waals surface area contributed by atoms with Crippen LogP contribution in [0, 0.1) is 0 Å². The van der Waals surface area contributed by atoms with Crippen LogP contribution in [0.1, 0.15) is 30.9 Å². The summed E-state index contributed by atoms with van der Waals surface area (Å²) in [6.07, 6.45) is 2.53. The minimum Gasteiger partial charge on any atom is -0.496 e. The number of hydrogen-bond donors (Lipinski definition) is 2. The van der Waals surface area contributed by atoms with Crippen molar-refractivity contribution in [1.29, 1.82) is 0 Å². The van der Waals surface area contributed by atoms with E-state index in [4.69, 9.17) is 21.7 Å². The summed E-state index contributed by atoms with van der Waals surface area (Å²) in [4.78, 5) is 2.46. The molecule has 1 fully saturated rings. The maximum atomic E-state index is 5.55. The molecule has 1 saturated heterocycles. The van der Waals surface area contributed by atoms with E-state index in [0.29, 0.717) is 5.11 Å². The molecule has 0 spiro atoms. The topological polar surface area (TPSA) is 58.1 Å². The molecule has 0 atom stereocenters. The van der Waals surface area contributed by atoms with Gasteiger partial charge in [-0.15, -0.1) is 0 Å². The molecule has 2 aromatic carbocycles. The zero-order valence-electron chi connectivity index (χ0n) is 17.2. The summed E-state index contributed by atoms with van der Waals surface area (Å²) in [5.74, 6) is 1.63. The molecule has 6 nitrogen and oxygen atoms in total. The molecular formula is C22H28N4O2S. The molecule has 0 radical (unpaired) electrons. The minimum absolute atomic E-state index is 0.402. The Labute approximate surface area is 177 Å². The van der Waals surface area contributed by atoms with Crippen molar-refractivity contribution in [1.82, 2.24) is 10.3 Å². The monoisotopic (exact) mass is 412 g/mol. The number of anilines is 1. The highest BCUT2D eigenvalue weighted by Crippen LogP contribution is 2.24. The first-order chi connectivity index (χ1) is 14.1. The molecule has 2 N–H and O–H groups in total. The highest BCUT2D eigenvalue weighted by atomic mass is 32.1. The van der Waals surface area contributed by atoms with Crippen LogP contribution in [0.5, 0.6) is 11.5 Å². The second kappa shape index (κ2) is 10.2. The molecule has 2 aromatic rings. The predicted octanol–water partition coefficient (Wildman–Crippen LogP) is 4.01. The van der Waals surface area contributed by atoms with Crippen LogP contribution in [-0.4, -0.2) is 43.0 Å². The first-order valence-corrected chi connectivity index (χ1v) is 10.2. The van der Waals surface area contributed by atoms with Gasteiger partial charge < -0.3 is 14.8 Å². The van der Waals surface area contributed by atoms with Gasteiger partial charge in [0.1, 0.15) is 11.5 Å². The smallest absolute Gasteiger partial charge is 0.191 e. The number of benzene rings is 2. The van der Waals surface area contributed by atoms with Gasteiger partial charge in [0.25, 0.3) is 0 Å². The molecule has 7 heteroatoms. The quantitative estimate of drug-likeness (QED) is 0.407. The third-order valence-corrected chi connectivity index (χ3v) is 5.16. The maximum Gasteiger partial charge on any atom is 0.191 e. The lowest BCUT2D eigenvalue weighted by molar-refractivity contribution is 0.321. The molecule has 154 valence electrons. The molecule has 0 bridgehead atoms. The van der Waals surface area contributed by atoms with E-state index in [1.807, 2.05) is 43.3 Å². The van der Waals surface area contributed by atoms with E-state index in [0.717, 1.165) is 48.1 Å². The van der Waals surface area contributed by atoms with Gasteiger partial charge in [0.15, 0.2) is 5.11 Å². The SMILES string of the molecule is COc1ccc(/C(C)=N\NC(=S)Nc2ccccc2OC)cc1CN1CCCC1. The van der Waals surface area contributed by atoms with E-state index in [9.17, 15) is 0 Å². The standard InChI is InChI=1S/C22H28N4O2S/c1-16(24-25-22(29)23-19-8-4-5-9-21(19)28-3)17-10-11-20(27-2)18(14-17)15-26-12-6-7-13-26/h4-5,8-11,14H,6-7,12-13,15H2,1-3H3,(H2,23,25,29)/b24-16-. The number of nitrogens with zero attached hydrogens (tertiary/aromatic N) is 2. The fourth-order valence-electron chi connectivity index (χ4n) is 3.41. The molecule has 1 heterocycles. The van der Waals surface area contributed by atoms with Gasteiger partial charge in [0, 0.05) is 12.1 Å². The van der Waals surface area contributed by atoms with Crippen LogP contribution < -0.4 is 20.2 Å². The van der Waals surface area contributed by atoms with Gasteiger partial charge in [0.2, 0.25) is 0 Å². The van der Waals surface area contributed by atoms with Crippen molar-refractivity contribution in [2.45, 2.75) is 26.3 Å². The summed E-state index contributed by atoms with van der Waals surface area (Å²) < 4.78 is 10.9. The van der Waals surface area contributed by atoms with Crippen molar-refractivity contribution in [2.24, 2.45) is 5.10 Å². The van der Waals surface area contributed by atoms with Gasteiger partial charge in [-0.05, 0) is 81.0 Å². The van der Waals surface area contributed by atoms with Crippen LogP contribution in [0.25, 0.3) is 0 Å². The first-order valence-electron chi connectivity index (χ1n) is 9.74. The number of likely N-dealkylation sites (tertiary alicyclic amines) is 1. The van der Waals surface area contributed by atoms with Crippen molar-refractivity contribution in [3.8, 4) is 11.5 Å². The number of thiocarbonyl (C=S) groups is 1. The molecule has 0 aromatic heterocycles. The molecule has 0 unspecified atom stereocenters. The van der Waals surface area contributed by atoms with E-state index in [-0.39, 0.29) is 0 Å². The van der Waals surface area contributed by atoms with Gasteiger partial charge in [0.05, 0.1) is 25.6 Å². The highest BCUT2D eigenvalue weighted by molar-refractivity contribution is 7.80. The van der Waals surface area contributed by atoms with Gasteiger partial charge >= 0.3 is 0 Å². The lowest BCUT2D eigenvalue weighted by atomic mass is 10.1. The molecule has 29 heavy (non-hydrogen) atoms. The number of ether oxygens (including phenoxy) is 2.